The SMILES string of the molecule is C=CCCOCCNC(=O)[C@@H]1C[C@@H]1C(=O)O. The van der Waals surface area contributed by atoms with Crippen molar-refractivity contribution in [2.45, 2.75) is 12.8 Å². The molecule has 16 heavy (non-hydrogen) atoms. The van der Waals surface area contributed by atoms with Crippen LogP contribution in [0, 0.1) is 11.8 Å². The second-order valence-corrected chi connectivity index (χ2v) is 3.77. The van der Waals surface area contributed by atoms with E-state index in [0.29, 0.717) is 26.2 Å². The summed E-state index contributed by atoms with van der Waals surface area (Å²) < 4.78 is 5.20. The molecule has 0 aromatic heterocycles. The molecule has 0 aromatic rings. The largest absolute Gasteiger partial charge is 0.481 e. The van der Waals surface area contributed by atoms with E-state index in [4.69, 9.17) is 9.84 Å². The quantitative estimate of drug-likeness (QED) is 0.465. The molecule has 5 heteroatoms. The first-order valence-corrected chi connectivity index (χ1v) is 5.36. The Bertz CT molecular complexity index is 277. The minimum Gasteiger partial charge on any atom is -0.481 e. The highest BCUT2D eigenvalue weighted by Gasteiger charge is 2.48. The summed E-state index contributed by atoms with van der Waals surface area (Å²) in [5.74, 6) is -1.89. The van der Waals surface area contributed by atoms with Gasteiger partial charge in [0.1, 0.15) is 0 Å². The molecule has 1 rings (SSSR count). The van der Waals surface area contributed by atoms with E-state index in [-0.39, 0.29) is 11.8 Å². The summed E-state index contributed by atoms with van der Waals surface area (Å²) in [5.41, 5.74) is 0. The number of carbonyl (C=O) groups is 2. The maximum atomic E-state index is 11.4. The Morgan fingerprint density at radius 2 is 2.19 bits per heavy atom. The molecule has 1 aliphatic carbocycles. The summed E-state index contributed by atoms with van der Waals surface area (Å²) in [6.07, 6.45) is 3.01. The number of ether oxygens (including phenoxy) is 1. The standard InChI is InChI=1S/C11H17NO4/c1-2-3-5-16-6-4-12-10(13)8-7-9(8)11(14)15/h2,8-9H,1,3-7H2,(H,12,13)(H,14,15)/t8-,9+/m1/s1. The maximum Gasteiger partial charge on any atom is 0.307 e. The normalized spacial score (nSPS) is 22.5. The number of hydrogen-bond acceptors (Lipinski definition) is 3. The number of aliphatic carboxylic acids is 1. The molecule has 1 aliphatic rings. The van der Waals surface area contributed by atoms with Gasteiger partial charge < -0.3 is 15.2 Å². The van der Waals surface area contributed by atoms with Crippen LogP contribution in [0.3, 0.4) is 0 Å². The molecule has 0 spiro atoms. The number of rotatable bonds is 8. The van der Waals surface area contributed by atoms with Crippen LogP contribution < -0.4 is 5.32 Å². The van der Waals surface area contributed by atoms with Crippen molar-refractivity contribution in [2.24, 2.45) is 11.8 Å². The monoisotopic (exact) mass is 227 g/mol. The van der Waals surface area contributed by atoms with Crippen LogP contribution >= 0.6 is 0 Å². The van der Waals surface area contributed by atoms with E-state index in [1.54, 1.807) is 6.08 Å². The van der Waals surface area contributed by atoms with Gasteiger partial charge in [-0.2, -0.15) is 0 Å². The van der Waals surface area contributed by atoms with Gasteiger partial charge in [0.05, 0.1) is 25.0 Å². The van der Waals surface area contributed by atoms with Crippen molar-refractivity contribution in [3.63, 3.8) is 0 Å². The molecular formula is C11H17NO4. The minimum atomic E-state index is -0.887. The van der Waals surface area contributed by atoms with Gasteiger partial charge in [0.15, 0.2) is 0 Å². The first kappa shape index (κ1) is 12.7. The molecule has 0 unspecified atom stereocenters. The van der Waals surface area contributed by atoms with Gasteiger partial charge in [0.2, 0.25) is 5.91 Å². The second kappa shape index (κ2) is 6.27. The van der Waals surface area contributed by atoms with Gasteiger partial charge in [-0.05, 0) is 12.8 Å². The van der Waals surface area contributed by atoms with Crippen molar-refractivity contribution in [1.29, 1.82) is 0 Å². The topological polar surface area (TPSA) is 75.6 Å². The van der Waals surface area contributed by atoms with Crippen molar-refractivity contribution >= 4 is 11.9 Å². The molecule has 0 aliphatic heterocycles. The predicted molar refractivity (Wildman–Crippen MR) is 57.9 cm³/mol. The van der Waals surface area contributed by atoms with E-state index in [2.05, 4.69) is 11.9 Å². The zero-order valence-electron chi connectivity index (χ0n) is 9.15. The molecule has 0 heterocycles. The molecular weight excluding hydrogens is 210 g/mol. The molecule has 1 amide bonds. The molecule has 2 atom stereocenters. The summed E-state index contributed by atoms with van der Waals surface area (Å²) in [4.78, 5) is 21.9. The molecule has 0 bridgehead atoms. The van der Waals surface area contributed by atoms with Gasteiger partial charge >= 0.3 is 5.97 Å². The van der Waals surface area contributed by atoms with Gasteiger partial charge in [0, 0.05) is 6.54 Å². The third-order valence-electron chi connectivity index (χ3n) is 2.46. The smallest absolute Gasteiger partial charge is 0.307 e. The van der Waals surface area contributed by atoms with E-state index in [0.717, 1.165) is 6.42 Å². The van der Waals surface area contributed by atoms with Crippen molar-refractivity contribution in [2.75, 3.05) is 19.8 Å². The number of carboxylic acids is 1. The Hall–Kier alpha value is -1.36. The fraction of sp³-hybridized carbons (Fsp3) is 0.636. The lowest BCUT2D eigenvalue weighted by Crippen LogP contribution is -2.29. The number of carbonyl (C=O) groups excluding carboxylic acids is 1. The summed E-state index contributed by atoms with van der Waals surface area (Å²) in [6.45, 7) is 5.03. The number of amides is 1. The van der Waals surface area contributed by atoms with Crippen LogP contribution in [-0.2, 0) is 14.3 Å². The highest BCUT2D eigenvalue weighted by Crippen LogP contribution is 2.38. The Balaban J connectivity index is 2.00. The number of nitrogens with one attached hydrogen (secondary N) is 1. The van der Waals surface area contributed by atoms with Crippen molar-refractivity contribution in [3.05, 3.63) is 12.7 Å². The summed E-state index contributed by atoms with van der Waals surface area (Å²) >= 11 is 0. The van der Waals surface area contributed by atoms with Crippen LogP contribution in [0.25, 0.3) is 0 Å². The van der Waals surface area contributed by atoms with Crippen LogP contribution in [0.1, 0.15) is 12.8 Å². The van der Waals surface area contributed by atoms with Gasteiger partial charge in [0.25, 0.3) is 0 Å². The van der Waals surface area contributed by atoms with E-state index < -0.39 is 11.9 Å². The molecule has 0 saturated heterocycles. The third-order valence-corrected chi connectivity index (χ3v) is 2.46. The zero-order chi connectivity index (χ0) is 12.0. The first-order chi connectivity index (χ1) is 7.66. The van der Waals surface area contributed by atoms with Crippen LogP contribution in [0.15, 0.2) is 12.7 Å². The average molecular weight is 227 g/mol. The van der Waals surface area contributed by atoms with E-state index in [1.165, 1.54) is 0 Å². The first-order valence-electron chi connectivity index (χ1n) is 5.36. The third kappa shape index (κ3) is 4.02. The lowest BCUT2D eigenvalue weighted by molar-refractivity contribution is -0.140. The fourth-order valence-electron chi connectivity index (χ4n) is 1.40. The van der Waals surface area contributed by atoms with Gasteiger partial charge in [-0.25, -0.2) is 0 Å². The average Bonchev–Trinajstić information content (AvgIpc) is 3.02. The summed E-state index contributed by atoms with van der Waals surface area (Å²) in [6, 6.07) is 0. The lowest BCUT2D eigenvalue weighted by Gasteiger charge is -2.04. The highest BCUT2D eigenvalue weighted by molar-refractivity contribution is 5.89. The maximum absolute atomic E-state index is 11.4. The van der Waals surface area contributed by atoms with E-state index in [1.807, 2.05) is 0 Å². The summed E-state index contributed by atoms with van der Waals surface area (Å²) in [7, 11) is 0. The second-order valence-electron chi connectivity index (χ2n) is 3.77. The minimum absolute atomic E-state index is 0.181. The molecule has 5 nitrogen and oxygen atoms in total. The van der Waals surface area contributed by atoms with Crippen molar-refractivity contribution in [3.8, 4) is 0 Å². The Morgan fingerprint density at radius 1 is 1.44 bits per heavy atom. The summed E-state index contributed by atoms with van der Waals surface area (Å²) in [5, 5.41) is 11.3. The van der Waals surface area contributed by atoms with Crippen LogP contribution in [-0.4, -0.2) is 36.7 Å². The molecule has 0 radical (unpaired) electrons. The number of hydrogen-bond donors (Lipinski definition) is 2. The van der Waals surface area contributed by atoms with Crippen molar-refractivity contribution in [1.82, 2.24) is 5.32 Å². The van der Waals surface area contributed by atoms with Crippen molar-refractivity contribution < 1.29 is 19.4 Å². The lowest BCUT2D eigenvalue weighted by atomic mass is 10.3. The molecule has 90 valence electrons. The van der Waals surface area contributed by atoms with Crippen LogP contribution in [0.2, 0.25) is 0 Å². The number of carboxylic acid groups (broad SMARTS) is 1. The van der Waals surface area contributed by atoms with E-state index >= 15 is 0 Å². The predicted octanol–water partition coefficient (Wildman–Crippen LogP) is 0.416. The Labute approximate surface area is 94.5 Å². The van der Waals surface area contributed by atoms with E-state index in [9.17, 15) is 9.59 Å². The Morgan fingerprint density at radius 3 is 2.75 bits per heavy atom. The molecule has 2 N–H and O–H groups in total. The van der Waals surface area contributed by atoms with Crippen LogP contribution in [0.4, 0.5) is 0 Å². The van der Waals surface area contributed by atoms with Gasteiger partial charge in [-0.1, -0.05) is 6.08 Å². The zero-order valence-corrected chi connectivity index (χ0v) is 9.15. The molecule has 0 aromatic carbocycles. The Kier molecular flexibility index (Phi) is 4.98. The van der Waals surface area contributed by atoms with Gasteiger partial charge in [-0.3, -0.25) is 9.59 Å². The highest BCUT2D eigenvalue weighted by atomic mass is 16.5. The molecule has 1 saturated carbocycles. The fourth-order valence-corrected chi connectivity index (χ4v) is 1.40. The van der Waals surface area contributed by atoms with Crippen LogP contribution in [0.5, 0.6) is 0 Å². The van der Waals surface area contributed by atoms with Gasteiger partial charge in [-0.15, -0.1) is 6.58 Å². The molecule has 1 fully saturated rings.